The maximum Gasteiger partial charge on any atom is 0.138 e. The summed E-state index contributed by atoms with van der Waals surface area (Å²) in [7, 11) is 2.13. The molecule has 0 aliphatic carbocycles. The van der Waals surface area contributed by atoms with E-state index in [1.807, 2.05) is 6.07 Å². The zero-order valence-electron chi connectivity index (χ0n) is 9.31. The zero-order chi connectivity index (χ0) is 11.1. The Morgan fingerprint density at radius 3 is 3.00 bits per heavy atom. The summed E-state index contributed by atoms with van der Waals surface area (Å²) >= 11 is 0. The standard InChI is InChI=1S/C13H15NO2/c1-14-6-2-3-11(14)13-7-9-4-5-10(15)8-12(9)16-13/h4-5,7-8,11,15H,2-3,6H2,1H3. The van der Waals surface area contributed by atoms with Crippen LogP contribution in [0.2, 0.25) is 0 Å². The van der Waals surface area contributed by atoms with Crippen molar-refractivity contribution < 1.29 is 9.52 Å². The molecule has 1 aromatic carbocycles. The second-order valence-corrected chi connectivity index (χ2v) is 4.51. The summed E-state index contributed by atoms with van der Waals surface area (Å²) in [6.45, 7) is 1.13. The van der Waals surface area contributed by atoms with Crippen LogP contribution in [0.4, 0.5) is 0 Å². The summed E-state index contributed by atoms with van der Waals surface area (Å²) in [6.07, 6.45) is 2.38. The van der Waals surface area contributed by atoms with Crippen molar-refractivity contribution in [2.24, 2.45) is 0 Å². The summed E-state index contributed by atoms with van der Waals surface area (Å²) in [6, 6.07) is 7.75. The van der Waals surface area contributed by atoms with Gasteiger partial charge in [0, 0.05) is 11.5 Å². The number of furan rings is 1. The Hall–Kier alpha value is -1.48. The van der Waals surface area contributed by atoms with Crippen LogP contribution in [-0.4, -0.2) is 23.6 Å². The van der Waals surface area contributed by atoms with Gasteiger partial charge in [0.2, 0.25) is 0 Å². The first kappa shape index (κ1) is 9.73. The Kier molecular flexibility index (Phi) is 2.14. The Morgan fingerprint density at radius 1 is 1.38 bits per heavy atom. The van der Waals surface area contributed by atoms with Crippen LogP contribution in [0.5, 0.6) is 5.75 Å². The number of fused-ring (bicyclic) bond motifs is 1. The minimum absolute atomic E-state index is 0.258. The summed E-state index contributed by atoms with van der Waals surface area (Å²) in [4.78, 5) is 2.32. The van der Waals surface area contributed by atoms with E-state index in [1.54, 1.807) is 12.1 Å². The molecule has 1 unspecified atom stereocenters. The molecule has 3 nitrogen and oxygen atoms in total. The highest BCUT2D eigenvalue weighted by atomic mass is 16.3. The lowest BCUT2D eigenvalue weighted by atomic mass is 10.1. The van der Waals surface area contributed by atoms with Crippen molar-refractivity contribution >= 4 is 11.0 Å². The highest BCUT2D eigenvalue weighted by Gasteiger charge is 2.25. The fourth-order valence-electron chi connectivity index (χ4n) is 2.47. The van der Waals surface area contributed by atoms with Crippen LogP contribution < -0.4 is 0 Å². The summed E-state index contributed by atoms with van der Waals surface area (Å²) in [5.74, 6) is 1.27. The van der Waals surface area contributed by atoms with E-state index in [-0.39, 0.29) is 5.75 Å². The van der Waals surface area contributed by atoms with Crippen molar-refractivity contribution in [1.82, 2.24) is 4.90 Å². The van der Waals surface area contributed by atoms with Crippen LogP contribution in [0.3, 0.4) is 0 Å². The molecule has 0 spiro atoms. The normalized spacial score (nSPS) is 21.9. The molecule has 0 bridgehead atoms. The molecule has 84 valence electrons. The molecular formula is C13H15NO2. The number of hydrogen-bond acceptors (Lipinski definition) is 3. The average Bonchev–Trinajstić information content (AvgIpc) is 2.82. The minimum Gasteiger partial charge on any atom is -0.508 e. The van der Waals surface area contributed by atoms with Crippen molar-refractivity contribution in [1.29, 1.82) is 0 Å². The van der Waals surface area contributed by atoms with Gasteiger partial charge in [-0.3, -0.25) is 4.90 Å². The lowest BCUT2D eigenvalue weighted by Crippen LogP contribution is -2.16. The largest absolute Gasteiger partial charge is 0.508 e. The molecule has 2 heterocycles. The van der Waals surface area contributed by atoms with Crippen molar-refractivity contribution in [3.8, 4) is 5.75 Å². The lowest BCUT2D eigenvalue weighted by Gasteiger charge is -2.16. The third-order valence-corrected chi connectivity index (χ3v) is 3.37. The lowest BCUT2D eigenvalue weighted by molar-refractivity contribution is 0.281. The van der Waals surface area contributed by atoms with E-state index in [2.05, 4.69) is 18.0 Å². The predicted molar refractivity (Wildman–Crippen MR) is 62.5 cm³/mol. The first-order valence-electron chi connectivity index (χ1n) is 5.67. The fourth-order valence-corrected chi connectivity index (χ4v) is 2.47. The molecule has 16 heavy (non-hydrogen) atoms. The summed E-state index contributed by atoms with van der Waals surface area (Å²) < 4.78 is 5.80. The Morgan fingerprint density at radius 2 is 2.25 bits per heavy atom. The van der Waals surface area contributed by atoms with E-state index in [0.717, 1.165) is 29.7 Å². The van der Waals surface area contributed by atoms with Gasteiger partial charge in [0.25, 0.3) is 0 Å². The topological polar surface area (TPSA) is 36.6 Å². The average molecular weight is 217 g/mol. The maximum atomic E-state index is 9.39. The van der Waals surface area contributed by atoms with Gasteiger partial charge in [-0.2, -0.15) is 0 Å². The first-order chi connectivity index (χ1) is 7.74. The van der Waals surface area contributed by atoms with E-state index in [0.29, 0.717) is 6.04 Å². The molecule has 1 aromatic heterocycles. The third kappa shape index (κ3) is 1.48. The molecule has 3 rings (SSSR count). The highest BCUT2D eigenvalue weighted by molar-refractivity contribution is 5.79. The van der Waals surface area contributed by atoms with E-state index in [1.165, 1.54) is 6.42 Å². The van der Waals surface area contributed by atoms with Gasteiger partial charge in [0.05, 0.1) is 6.04 Å². The van der Waals surface area contributed by atoms with E-state index in [9.17, 15) is 5.11 Å². The monoisotopic (exact) mass is 217 g/mol. The van der Waals surface area contributed by atoms with Crippen LogP contribution in [0.1, 0.15) is 24.6 Å². The molecule has 0 radical (unpaired) electrons. The zero-order valence-corrected chi connectivity index (χ0v) is 9.31. The molecule has 0 amide bonds. The molecule has 1 fully saturated rings. The molecular weight excluding hydrogens is 202 g/mol. The number of likely N-dealkylation sites (tertiary alicyclic amines) is 1. The van der Waals surface area contributed by atoms with Crippen molar-refractivity contribution in [2.45, 2.75) is 18.9 Å². The molecule has 1 N–H and O–H groups in total. The van der Waals surface area contributed by atoms with Gasteiger partial charge >= 0.3 is 0 Å². The predicted octanol–water partition coefficient (Wildman–Crippen LogP) is 2.91. The second kappa shape index (κ2) is 3.52. The van der Waals surface area contributed by atoms with Gasteiger partial charge in [0.1, 0.15) is 17.1 Å². The second-order valence-electron chi connectivity index (χ2n) is 4.51. The number of aromatic hydroxyl groups is 1. The SMILES string of the molecule is CN1CCCC1c1cc2ccc(O)cc2o1. The van der Waals surface area contributed by atoms with Gasteiger partial charge in [0.15, 0.2) is 0 Å². The van der Waals surface area contributed by atoms with Crippen molar-refractivity contribution in [2.75, 3.05) is 13.6 Å². The molecule has 3 heteroatoms. The number of hydrogen-bond donors (Lipinski definition) is 1. The van der Waals surface area contributed by atoms with Crippen molar-refractivity contribution in [3.05, 3.63) is 30.0 Å². The molecule has 0 saturated carbocycles. The van der Waals surface area contributed by atoms with Gasteiger partial charge in [-0.1, -0.05) is 0 Å². The highest BCUT2D eigenvalue weighted by Crippen LogP contribution is 2.34. The molecule has 1 aliphatic heterocycles. The Labute approximate surface area is 94.3 Å². The molecule has 1 atom stereocenters. The van der Waals surface area contributed by atoms with Gasteiger partial charge in [-0.05, 0) is 44.6 Å². The van der Waals surface area contributed by atoms with Crippen molar-refractivity contribution in [3.63, 3.8) is 0 Å². The summed E-state index contributed by atoms with van der Waals surface area (Å²) in [5.41, 5.74) is 0.773. The van der Waals surface area contributed by atoms with E-state index in [4.69, 9.17) is 4.42 Å². The quantitative estimate of drug-likeness (QED) is 0.798. The van der Waals surface area contributed by atoms with Crippen LogP contribution in [0, 0.1) is 0 Å². The van der Waals surface area contributed by atoms with Crippen LogP contribution in [-0.2, 0) is 0 Å². The number of rotatable bonds is 1. The smallest absolute Gasteiger partial charge is 0.138 e. The van der Waals surface area contributed by atoms with Crippen LogP contribution in [0.15, 0.2) is 28.7 Å². The summed E-state index contributed by atoms with van der Waals surface area (Å²) in [5, 5.41) is 10.4. The molecule has 1 saturated heterocycles. The Bertz CT molecular complexity index is 518. The minimum atomic E-state index is 0.258. The molecule has 1 aliphatic rings. The van der Waals surface area contributed by atoms with E-state index < -0.39 is 0 Å². The first-order valence-corrected chi connectivity index (χ1v) is 5.67. The van der Waals surface area contributed by atoms with Crippen LogP contribution >= 0.6 is 0 Å². The van der Waals surface area contributed by atoms with Crippen LogP contribution in [0.25, 0.3) is 11.0 Å². The van der Waals surface area contributed by atoms with Gasteiger partial charge < -0.3 is 9.52 Å². The van der Waals surface area contributed by atoms with E-state index >= 15 is 0 Å². The third-order valence-electron chi connectivity index (χ3n) is 3.37. The number of benzene rings is 1. The fraction of sp³-hybridized carbons (Fsp3) is 0.385. The number of phenols is 1. The number of phenolic OH excluding ortho intramolecular Hbond substituents is 1. The number of nitrogens with zero attached hydrogens (tertiary/aromatic N) is 1. The molecule has 2 aromatic rings. The maximum absolute atomic E-state index is 9.39. The van der Waals surface area contributed by atoms with Gasteiger partial charge in [-0.25, -0.2) is 0 Å². The Balaban J connectivity index is 2.04. The van der Waals surface area contributed by atoms with Gasteiger partial charge in [-0.15, -0.1) is 0 Å².